The molecule has 0 saturated carbocycles. The number of anilines is 1. The summed E-state index contributed by atoms with van der Waals surface area (Å²) in [6.07, 6.45) is 4.15. The Hall–Kier alpha value is -1.77. The predicted molar refractivity (Wildman–Crippen MR) is 83.8 cm³/mol. The normalized spacial score (nSPS) is 12.7. The van der Waals surface area contributed by atoms with Gasteiger partial charge in [-0.3, -0.25) is 0 Å². The third-order valence-corrected chi connectivity index (χ3v) is 3.39. The van der Waals surface area contributed by atoms with Crippen LogP contribution < -0.4 is 5.32 Å². The van der Waals surface area contributed by atoms with Crippen LogP contribution in [0.2, 0.25) is 0 Å². The number of oxazole rings is 1. The van der Waals surface area contributed by atoms with E-state index in [1.807, 2.05) is 6.92 Å². The molecule has 1 N–H and O–H groups in total. The molecule has 0 aliphatic rings. The first-order valence-corrected chi connectivity index (χ1v) is 7.33. The van der Waals surface area contributed by atoms with Gasteiger partial charge in [-0.15, -0.1) is 0 Å². The van der Waals surface area contributed by atoms with Crippen molar-refractivity contribution in [1.82, 2.24) is 4.98 Å². The average molecular weight is 272 g/mol. The zero-order valence-corrected chi connectivity index (χ0v) is 12.8. The molecule has 0 aliphatic carbocycles. The summed E-state index contributed by atoms with van der Waals surface area (Å²) in [5, 5.41) is 3.54. The summed E-state index contributed by atoms with van der Waals surface area (Å²) in [6.45, 7) is 8.62. The third kappa shape index (κ3) is 4.12. The first kappa shape index (κ1) is 14.6. The Kier molecular flexibility index (Phi) is 4.83. The van der Waals surface area contributed by atoms with Crippen LogP contribution in [-0.2, 0) is 0 Å². The standard InChI is InChI=1S/C17H24N2O/c1-12(2)5-6-13(3)18-16-9-7-15(8-10-16)17-11-20-14(4)19-17/h7-13,18H,5-6H2,1-4H3. The molecule has 0 spiro atoms. The van der Waals surface area contributed by atoms with Crippen LogP contribution in [-0.4, -0.2) is 11.0 Å². The Labute approximate surface area is 121 Å². The monoisotopic (exact) mass is 272 g/mol. The number of hydrogen-bond donors (Lipinski definition) is 1. The molecule has 108 valence electrons. The Morgan fingerprint density at radius 1 is 1.10 bits per heavy atom. The van der Waals surface area contributed by atoms with Crippen molar-refractivity contribution in [2.75, 3.05) is 5.32 Å². The SMILES string of the molecule is Cc1nc(-c2ccc(NC(C)CCC(C)C)cc2)co1. The van der Waals surface area contributed by atoms with Gasteiger partial charge in [0, 0.05) is 24.2 Å². The molecule has 1 heterocycles. The van der Waals surface area contributed by atoms with Gasteiger partial charge in [0.15, 0.2) is 5.89 Å². The van der Waals surface area contributed by atoms with Crippen LogP contribution in [0.5, 0.6) is 0 Å². The van der Waals surface area contributed by atoms with E-state index < -0.39 is 0 Å². The van der Waals surface area contributed by atoms with Crippen molar-refractivity contribution in [2.24, 2.45) is 5.92 Å². The highest BCUT2D eigenvalue weighted by atomic mass is 16.3. The number of nitrogens with zero attached hydrogens (tertiary/aromatic N) is 1. The van der Waals surface area contributed by atoms with E-state index in [1.165, 1.54) is 12.8 Å². The maximum Gasteiger partial charge on any atom is 0.191 e. The molecule has 0 aliphatic heterocycles. The second-order valence-electron chi connectivity index (χ2n) is 5.85. The molecule has 0 radical (unpaired) electrons. The molecule has 0 fully saturated rings. The molecule has 3 nitrogen and oxygen atoms in total. The van der Waals surface area contributed by atoms with Gasteiger partial charge < -0.3 is 9.73 Å². The lowest BCUT2D eigenvalue weighted by molar-refractivity contribution is 0.521. The molecular formula is C17H24N2O. The molecule has 0 saturated heterocycles. The summed E-state index contributed by atoms with van der Waals surface area (Å²) in [5.41, 5.74) is 3.13. The van der Waals surface area contributed by atoms with Crippen molar-refractivity contribution in [1.29, 1.82) is 0 Å². The summed E-state index contributed by atoms with van der Waals surface area (Å²) < 4.78 is 5.24. The van der Waals surface area contributed by atoms with Crippen LogP contribution in [0.25, 0.3) is 11.3 Å². The van der Waals surface area contributed by atoms with E-state index in [-0.39, 0.29) is 0 Å². The largest absolute Gasteiger partial charge is 0.449 e. The molecule has 2 rings (SSSR count). The van der Waals surface area contributed by atoms with E-state index in [0.717, 1.165) is 22.9 Å². The van der Waals surface area contributed by atoms with Crippen LogP contribution in [0.1, 0.15) is 39.5 Å². The smallest absolute Gasteiger partial charge is 0.191 e. The van der Waals surface area contributed by atoms with Gasteiger partial charge in [-0.25, -0.2) is 4.98 Å². The molecule has 0 bridgehead atoms. The summed E-state index contributed by atoms with van der Waals surface area (Å²) in [7, 11) is 0. The van der Waals surface area contributed by atoms with Crippen LogP contribution >= 0.6 is 0 Å². The van der Waals surface area contributed by atoms with Crippen LogP contribution in [0, 0.1) is 12.8 Å². The number of benzene rings is 1. The van der Waals surface area contributed by atoms with Crippen molar-refractivity contribution < 1.29 is 4.42 Å². The zero-order valence-electron chi connectivity index (χ0n) is 12.8. The van der Waals surface area contributed by atoms with Gasteiger partial charge >= 0.3 is 0 Å². The summed E-state index contributed by atoms with van der Waals surface area (Å²) in [6, 6.07) is 8.86. The van der Waals surface area contributed by atoms with E-state index in [2.05, 4.69) is 55.3 Å². The number of rotatable bonds is 6. The van der Waals surface area contributed by atoms with Crippen molar-refractivity contribution in [3.8, 4) is 11.3 Å². The molecule has 0 amide bonds. The lowest BCUT2D eigenvalue weighted by atomic mass is 10.0. The Morgan fingerprint density at radius 3 is 2.35 bits per heavy atom. The lowest BCUT2D eigenvalue weighted by Crippen LogP contribution is -2.15. The van der Waals surface area contributed by atoms with Crippen molar-refractivity contribution in [3.63, 3.8) is 0 Å². The minimum Gasteiger partial charge on any atom is -0.449 e. The molecule has 3 heteroatoms. The molecule has 20 heavy (non-hydrogen) atoms. The second kappa shape index (κ2) is 6.60. The molecule has 1 aromatic heterocycles. The van der Waals surface area contributed by atoms with Crippen LogP contribution in [0.4, 0.5) is 5.69 Å². The molecule has 1 unspecified atom stereocenters. The van der Waals surface area contributed by atoms with E-state index >= 15 is 0 Å². The van der Waals surface area contributed by atoms with Gasteiger partial charge in [-0.05, 0) is 37.8 Å². The second-order valence-corrected chi connectivity index (χ2v) is 5.85. The third-order valence-electron chi connectivity index (χ3n) is 3.39. The van der Waals surface area contributed by atoms with Crippen LogP contribution in [0.3, 0.4) is 0 Å². The zero-order chi connectivity index (χ0) is 14.5. The van der Waals surface area contributed by atoms with Crippen LogP contribution in [0.15, 0.2) is 34.9 Å². The van der Waals surface area contributed by atoms with Crippen molar-refractivity contribution >= 4 is 5.69 Å². The van der Waals surface area contributed by atoms with Gasteiger partial charge in [-0.1, -0.05) is 26.0 Å². The maximum absolute atomic E-state index is 5.24. The van der Waals surface area contributed by atoms with Crippen molar-refractivity contribution in [3.05, 3.63) is 36.4 Å². The minimum atomic E-state index is 0.498. The summed E-state index contributed by atoms with van der Waals surface area (Å²) in [5.74, 6) is 1.46. The summed E-state index contributed by atoms with van der Waals surface area (Å²) in [4.78, 5) is 4.33. The highest BCUT2D eigenvalue weighted by molar-refractivity contribution is 5.61. The molecule has 1 atom stereocenters. The Balaban J connectivity index is 1.94. The topological polar surface area (TPSA) is 38.1 Å². The van der Waals surface area contributed by atoms with Crippen molar-refractivity contribution in [2.45, 2.75) is 46.6 Å². The first-order chi connectivity index (χ1) is 9.54. The predicted octanol–water partition coefficient (Wildman–Crippen LogP) is 4.89. The molecule has 2 aromatic rings. The quantitative estimate of drug-likeness (QED) is 0.813. The fraction of sp³-hybridized carbons (Fsp3) is 0.471. The Bertz CT molecular complexity index is 528. The number of hydrogen-bond acceptors (Lipinski definition) is 3. The van der Waals surface area contributed by atoms with Gasteiger partial charge in [0.05, 0.1) is 0 Å². The number of aryl methyl sites for hydroxylation is 1. The van der Waals surface area contributed by atoms with E-state index in [0.29, 0.717) is 11.9 Å². The highest BCUT2D eigenvalue weighted by Crippen LogP contribution is 2.21. The van der Waals surface area contributed by atoms with E-state index in [9.17, 15) is 0 Å². The number of nitrogens with one attached hydrogen (secondary N) is 1. The first-order valence-electron chi connectivity index (χ1n) is 7.33. The average Bonchev–Trinajstić information content (AvgIpc) is 2.84. The van der Waals surface area contributed by atoms with Gasteiger partial charge in [0.1, 0.15) is 12.0 Å². The maximum atomic E-state index is 5.24. The van der Waals surface area contributed by atoms with Gasteiger partial charge in [0.2, 0.25) is 0 Å². The molecule has 1 aromatic carbocycles. The molecular weight excluding hydrogens is 248 g/mol. The summed E-state index contributed by atoms with van der Waals surface area (Å²) >= 11 is 0. The minimum absolute atomic E-state index is 0.498. The fourth-order valence-corrected chi connectivity index (χ4v) is 2.17. The number of aromatic nitrogens is 1. The Morgan fingerprint density at radius 2 is 1.80 bits per heavy atom. The highest BCUT2D eigenvalue weighted by Gasteiger charge is 2.06. The fourth-order valence-electron chi connectivity index (χ4n) is 2.17. The van der Waals surface area contributed by atoms with Gasteiger partial charge in [-0.2, -0.15) is 0 Å². The lowest BCUT2D eigenvalue weighted by Gasteiger charge is -2.16. The van der Waals surface area contributed by atoms with E-state index in [1.54, 1.807) is 6.26 Å². The van der Waals surface area contributed by atoms with E-state index in [4.69, 9.17) is 4.42 Å². The van der Waals surface area contributed by atoms with Gasteiger partial charge in [0.25, 0.3) is 0 Å².